The molecule has 3 aliphatic carbocycles. The van der Waals surface area contributed by atoms with Crippen LogP contribution in [0.4, 0.5) is 34.1 Å². The summed E-state index contributed by atoms with van der Waals surface area (Å²) in [5, 5.41) is 2.50. The van der Waals surface area contributed by atoms with Crippen molar-refractivity contribution in [1.29, 1.82) is 0 Å². The van der Waals surface area contributed by atoms with E-state index in [0.29, 0.717) is 0 Å². The molecule has 386 valence electrons. The molecule has 3 aliphatic rings. The van der Waals surface area contributed by atoms with Gasteiger partial charge < -0.3 is 9.80 Å². The molecule has 0 radical (unpaired) electrons. The van der Waals surface area contributed by atoms with Crippen molar-refractivity contribution in [2.75, 3.05) is 9.80 Å². The molecule has 0 aliphatic heterocycles. The molecular formula is C78H64N2. The highest BCUT2D eigenvalue weighted by molar-refractivity contribution is 6.05. The van der Waals surface area contributed by atoms with E-state index < -0.39 is 0 Å². The number of fused-ring (bicyclic) bond motifs is 11. The molecule has 0 spiro atoms. The highest BCUT2D eigenvalue weighted by atomic mass is 15.1. The number of nitrogens with zero attached hydrogens (tertiary/aromatic N) is 2. The zero-order valence-electron chi connectivity index (χ0n) is 46.7. The van der Waals surface area contributed by atoms with Crippen LogP contribution in [0.2, 0.25) is 0 Å². The molecule has 0 saturated heterocycles. The summed E-state index contributed by atoms with van der Waals surface area (Å²) in [6, 6.07) is 88.6. The molecule has 0 amide bonds. The quantitative estimate of drug-likeness (QED) is 0.126. The van der Waals surface area contributed by atoms with E-state index in [1.807, 2.05) is 0 Å². The van der Waals surface area contributed by atoms with Crippen LogP contribution >= 0.6 is 0 Å². The summed E-state index contributed by atoms with van der Waals surface area (Å²) < 4.78 is 0. The van der Waals surface area contributed by atoms with E-state index in [9.17, 15) is 0 Å². The van der Waals surface area contributed by atoms with Gasteiger partial charge in [-0.25, -0.2) is 0 Å². The summed E-state index contributed by atoms with van der Waals surface area (Å²) >= 11 is 0. The Bertz CT molecular complexity index is 4310. The minimum absolute atomic E-state index is 0.138. The SMILES string of the molecule is C/C=C\C=C/c1cc2c(c3ccc(N(c4ccc(-c5ccccc5)cc4)c4ccc5c(c4)C(C)(C)c4ccccc4-5)cc13)C(C)(C)c1cc(N(c3ccc(-c4ccccc4)cc3)c3ccc4c(c3)C(C)(C)c3ccccc3-4)ccc1-2. The van der Waals surface area contributed by atoms with Gasteiger partial charge in [-0.2, -0.15) is 0 Å². The maximum Gasteiger partial charge on any atom is 0.0468 e. The monoisotopic (exact) mass is 1030 g/mol. The summed E-state index contributed by atoms with van der Waals surface area (Å²) in [7, 11) is 0. The van der Waals surface area contributed by atoms with Crippen LogP contribution in [0.5, 0.6) is 0 Å². The van der Waals surface area contributed by atoms with Crippen molar-refractivity contribution in [2.24, 2.45) is 0 Å². The Morgan fingerprint density at radius 2 is 0.662 bits per heavy atom. The molecule has 0 bridgehead atoms. The van der Waals surface area contributed by atoms with E-state index in [4.69, 9.17) is 0 Å². The van der Waals surface area contributed by atoms with Crippen molar-refractivity contribution in [2.45, 2.75) is 64.7 Å². The smallest absolute Gasteiger partial charge is 0.0468 e. The van der Waals surface area contributed by atoms with Crippen LogP contribution in [-0.4, -0.2) is 0 Å². The Kier molecular flexibility index (Phi) is 11.5. The predicted molar refractivity (Wildman–Crippen MR) is 341 cm³/mol. The number of benzene rings is 11. The number of rotatable bonds is 10. The zero-order chi connectivity index (χ0) is 54.5. The molecule has 11 aromatic rings. The molecule has 0 N–H and O–H groups in total. The molecule has 14 rings (SSSR count). The maximum atomic E-state index is 2.48. The first-order chi connectivity index (χ1) is 38.9. The Hall–Kier alpha value is -9.24. The molecule has 0 saturated carbocycles. The van der Waals surface area contributed by atoms with Gasteiger partial charge in [-0.3, -0.25) is 0 Å². The topological polar surface area (TPSA) is 6.48 Å². The van der Waals surface area contributed by atoms with Gasteiger partial charge in [-0.15, -0.1) is 0 Å². The van der Waals surface area contributed by atoms with Crippen molar-refractivity contribution in [1.82, 2.24) is 0 Å². The minimum Gasteiger partial charge on any atom is -0.310 e. The lowest BCUT2D eigenvalue weighted by atomic mass is 9.79. The van der Waals surface area contributed by atoms with Gasteiger partial charge in [0.15, 0.2) is 0 Å². The van der Waals surface area contributed by atoms with Crippen LogP contribution in [0.25, 0.3) is 72.5 Å². The molecule has 0 aromatic heterocycles. The van der Waals surface area contributed by atoms with E-state index in [1.165, 1.54) is 105 Å². The van der Waals surface area contributed by atoms with E-state index >= 15 is 0 Å². The Balaban J connectivity index is 0.914. The molecule has 0 heterocycles. The molecule has 80 heavy (non-hydrogen) atoms. The maximum absolute atomic E-state index is 2.48. The number of allylic oxidation sites excluding steroid dienone is 3. The van der Waals surface area contributed by atoms with Gasteiger partial charge in [0, 0.05) is 50.4 Å². The third kappa shape index (κ3) is 7.76. The Morgan fingerprint density at radius 3 is 1.14 bits per heavy atom. The van der Waals surface area contributed by atoms with E-state index in [0.717, 1.165) is 34.1 Å². The highest BCUT2D eigenvalue weighted by Crippen LogP contribution is 2.57. The summed E-state index contributed by atoms with van der Waals surface area (Å²) in [5.41, 5.74) is 28.2. The lowest BCUT2D eigenvalue weighted by Gasteiger charge is -2.30. The van der Waals surface area contributed by atoms with Crippen LogP contribution in [0.1, 0.15) is 87.4 Å². The summed E-state index contributed by atoms with van der Waals surface area (Å²) in [6.45, 7) is 16.4. The Morgan fingerprint density at radius 1 is 0.287 bits per heavy atom. The predicted octanol–water partition coefficient (Wildman–Crippen LogP) is 21.6. The van der Waals surface area contributed by atoms with Crippen molar-refractivity contribution in [3.8, 4) is 55.6 Å². The lowest BCUT2D eigenvalue weighted by molar-refractivity contribution is 0.660. The molecule has 11 aromatic carbocycles. The van der Waals surface area contributed by atoms with Crippen LogP contribution in [0, 0.1) is 0 Å². The second kappa shape index (κ2) is 18.7. The first-order valence-corrected chi connectivity index (χ1v) is 28.4. The number of anilines is 6. The van der Waals surface area contributed by atoms with Gasteiger partial charge in [0.05, 0.1) is 0 Å². The standard InChI is InChI=1S/C78H64N2/c1-8-9-12-25-55-46-69-66-44-40-61(80(57-36-32-54(33-37-57)52-23-15-11-16-24-52)60-39-43-65-63-27-18-20-29-71(63)77(4,5)73(65)49-60)50-74(66)78(6,7)75(69)67-45-41-58(47-68(55)67)79(56-34-30-53(31-35-56)51-21-13-10-14-22-51)59-38-42-64-62-26-17-19-28-70(62)76(2,3)72(64)48-59/h8-50H,1-7H3/b9-8-,25-12-. The molecule has 0 atom stereocenters. The first-order valence-electron chi connectivity index (χ1n) is 28.4. The van der Waals surface area contributed by atoms with Crippen molar-refractivity contribution in [3.05, 3.63) is 294 Å². The molecule has 0 unspecified atom stereocenters. The fraction of sp³-hybridized carbons (Fsp3) is 0.128. The normalized spacial score (nSPS) is 14.6. The third-order valence-corrected chi connectivity index (χ3v) is 18.0. The largest absolute Gasteiger partial charge is 0.310 e. The average Bonchev–Trinajstić information content (AvgIpc) is 4.07. The van der Waals surface area contributed by atoms with Gasteiger partial charge in [-0.05, 0) is 191 Å². The summed E-state index contributed by atoms with van der Waals surface area (Å²) in [4.78, 5) is 4.94. The van der Waals surface area contributed by atoms with Gasteiger partial charge in [0.25, 0.3) is 0 Å². The van der Waals surface area contributed by atoms with Gasteiger partial charge in [-0.1, -0.05) is 224 Å². The van der Waals surface area contributed by atoms with Gasteiger partial charge in [0.1, 0.15) is 0 Å². The van der Waals surface area contributed by atoms with Crippen LogP contribution in [0.15, 0.2) is 255 Å². The Labute approximate surface area is 472 Å². The number of hydrogen-bond acceptors (Lipinski definition) is 2. The van der Waals surface area contributed by atoms with Crippen molar-refractivity contribution < 1.29 is 0 Å². The second-order valence-corrected chi connectivity index (χ2v) is 23.7. The van der Waals surface area contributed by atoms with Crippen molar-refractivity contribution in [3.63, 3.8) is 0 Å². The molecular weight excluding hydrogens is 965 g/mol. The molecule has 0 fully saturated rings. The fourth-order valence-corrected chi connectivity index (χ4v) is 13.9. The summed E-state index contributed by atoms with van der Waals surface area (Å²) in [5.74, 6) is 0. The molecule has 2 heteroatoms. The number of hydrogen-bond donors (Lipinski definition) is 0. The third-order valence-electron chi connectivity index (χ3n) is 18.0. The second-order valence-electron chi connectivity index (χ2n) is 23.7. The summed E-state index contributed by atoms with van der Waals surface area (Å²) in [6.07, 6.45) is 8.73. The first kappa shape index (κ1) is 49.1. The molecule has 2 nitrogen and oxygen atoms in total. The van der Waals surface area contributed by atoms with E-state index in [1.54, 1.807) is 0 Å². The minimum atomic E-state index is -0.329. The van der Waals surface area contributed by atoms with E-state index in [-0.39, 0.29) is 16.2 Å². The average molecular weight is 1030 g/mol. The lowest BCUT2D eigenvalue weighted by Crippen LogP contribution is -2.18. The van der Waals surface area contributed by atoms with Gasteiger partial charge in [0.2, 0.25) is 0 Å². The zero-order valence-corrected chi connectivity index (χ0v) is 46.7. The van der Waals surface area contributed by atoms with E-state index in [2.05, 4.69) is 319 Å². The van der Waals surface area contributed by atoms with Crippen LogP contribution < -0.4 is 9.80 Å². The van der Waals surface area contributed by atoms with Gasteiger partial charge >= 0.3 is 0 Å². The fourth-order valence-electron chi connectivity index (χ4n) is 13.9. The van der Waals surface area contributed by atoms with Crippen LogP contribution in [-0.2, 0) is 16.2 Å². The van der Waals surface area contributed by atoms with Crippen LogP contribution in [0.3, 0.4) is 0 Å². The highest BCUT2D eigenvalue weighted by Gasteiger charge is 2.40. The van der Waals surface area contributed by atoms with Crippen molar-refractivity contribution >= 4 is 51.0 Å².